The fourth-order valence-corrected chi connectivity index (χ4v) is 1.86. The number of halogens is 1. The zero-order chi connectivity index (χ0) is 9.97. The molecule has 0 bridgehead atoms. The highest BCUT2D eigenvalue weighted by Crippen LogP contribution is 2.16. The second-order valence-corrected chi connectivity index (χ2v) is 4.02. The third-order valence-electron chi connectivity index (χ3n) is 2.53. The second kappa shape index (κ2) is 4.30. The van der Waals surface area contributed by atoms with Crippen molar-refractivity contribution >= 4 is 11.6 Å². The van der Waals surface area contributed by atoms with Crippen molar-refractivity contribution in [3.63, 3.8) is 0 Å². The van der Waals surface area contributed by atoms with E-state index in [-0.39, 0.29) is 12.3 Å². The molecule has 0 aromatic heterocycles. The van der Waals surface area contributed by atoms with Crippen molar-refractivity contribution in [2.45, 2.75) is 19.3 Å². The summed E-state index contributed by atoms with van der Waals surface area (Å²) in [6, 6.07) is 8.46. The van der Waals surface area contributed by atoms with Crippen LogP contribution in [-0.2, 0) is 4.74 Å². The van der Waals surface area contributed by atoms with Crippen LogP contribution >= 0.6 is 11.6 Å². The van der Waals surface area contributed by atoms with Crippen LogP contribution in [0.3, 0.4) is 0 Å². The molecular formula is C11H15ClNO+. The van der Waals surface area contributed by atoms with Gasteiger partial charge in [0.1, 0.15) is 12.6 Å². The smallest absolute Gasteiger partial charge is 0.217 e. The average Bonchev–Trinajstić information content (AvgIpc) is 2.67. The SMILES string of the molecule is Cc1ccc([C@@H]2[NH2+]C[C@@H](CCl)O2)cc1. The molecule has 14 heavy (non-hydrogen) atoms. The molecular weight excluding hydrogens is 198 g/mol. The summed E-state index contributed by atoms with van der Waals surface area (Å²) in [5.74, 6) is 0.582. The van der Waals surface area contributed by atoms with Crippen molar-refractivity contribution in [3.8, 4) is 0 Å². The minimum Gasteiger partial charge on any atom is -0.315 e. The van der Waals surface area contributed by atoms with Crippen molar-refractivity contribution in [1.29, 1.82) is 0 Å². The molecule has 1 aliphatic rings. The number of aryl methyl sites for hydroxylation is 1. The second-order valence-electron chi connectivity index (χ2n) is 3.72. The zero-order valence-electron chi connectivity index (χ0n) is 8.24. The molecule has 1 heterocycles. The van der Waals surface area contributed by atoms with Gasteiger partial charge < -0.3 is 10.1 Å². The van der Waals surface area contributed by atoms with Crippen LogP contribution in [0.4, 0.5) is 0 Å². The molecule has 0 unspecified atom stereocenters. The topological polar surface area (TPSA) is 25.8 Å². The highest BCUT2D eigenvalue weighted by atomic mass is 35.5. The first-order chi connectivity index (χ1) is 6.79. The maximum Gasteiger partial charge on any atom is 0.217 e. The van der Waals surface area contributed by atoms with Crippen molar-refractivity contribution in [1.82, 2.24) is 0 Å². The molecule has 0 radical (unpaired) electrons. The Hall–Kier alpha value is -0.570. The van der Waals surface area contributed by atoms with Gasteiger partial charge in [0.05, 0.1) is 5.88 Å². The molecule has 2 rings (SSSR count). The molecule has 0 saturated carbocycles. The van der Waals surface area contributed by atoms with Gasteiger partial charge in [-0.1, -0.05) is 29.8 Å². The van der Waals surface area contributed by atoms with Crippen LogP contribution in [0.2, 0.25) is 0 Å². The Kier molecular flexibility index (Phi) is 3.06. The highest BCUT2D eigenvalue weighted by Gasteiger charge is 2.28. The Balaban J connectivity index is 2.06. The lowest BCUT2D eigenvalue weighted by atomic mass is 10.1. The molecule has 76 valence electrons. The number of ether oxygens (including phenoxy) is 1. The van der Waals surface area contributed by atoms with Crippen molar-refractivity contribution in [3.05, 3.63) is 35.4 Å². The van der Waals surface area contributed by atoms with Gasteiger partial charge in [0.2, 0.25) is 6.23 Å². The maximum atomic E-state index is 5.75. The largest absolute Gasteiger partial charge is 0.315 e. The molecule has 1 fully saturated rings. The third-order valence-corrected chi connectivity index (χ3v) is 2.87. The summed E-state index contributed by atoms with van der Waals surface area (Å²) < 4.78 is 5.75. The summed E-state index contributed by atoms with van der Waals surface area (Å²) in [5, 5.41) is 2.19. The molecule has 1 aromatic rings. The number of nitrogens with two attached hydrogens (primary N) is 1. The predicted octanol–water partition coefficient (Wildman–Crippen LogP) is 1.19. The fourth-order valence-electron chi connectivity index (χ4n) is 1.66. The molecule has 1 aromatic carbocycles. The summed E-state index contributed by atoms with van der Waals surface area (Å²) in [7, 11) is 0. The number of hydrogen-bond acceptors (Lipinski definition) is 1. The van der Waals surface area contributed by atoms with E-state index >= 15 is 0 Å². The monoisotopic (exact) mass is 212 g/mol. The third kappa shape index (κ3) is 2.08. The van der Waals surface area contributed by atoms with E-state index in [9.17, 15) is 0 Å². The standard InChI is InChI=1S/C11H14ClNO/c1-8-2-4-9(5-3-8)11-13-7-10(6-12)14-11/h2-5,10-11,13H,6-7H2,1H3/p+1/t10-,11-/m1/s1. The first-order valence-electron chi connectivity index (χ1n) is 4.91. The van der Waals surface area contributed by atoms with Crippen molar-refractivity contribution < 1.29 is 10.1 Å². The van der Waals surface area contributed by atoms with Gasteiger partial charge in [-0.3, -0.25) is 0 Å². The van der Waals surface area contributed by atoms with E-state index in [1.165, 1.54) is 11.1 Å². The molecule has 2 atom stereocenters. The Morgan fingerprint density at radius 2 is 2.14 bits per heavy atom. The summed E-state index contributed by atoms with van der Waals surface area (Å²) in [6.07, 6.45) is 0.335. The summed E-state index contributed by atoms with van der Waals surface area (Å²) in [4.78, 5) is 0. The number of alkyl halides is 1. The number of benzene rings is 1. The van der Waals surface area contributed by atoms with E-state index in [4.69, 9.17) is 16.3 Å². The highest BCUT2D eigenvalue weighted by molar-refractivity contribution is 6.18. The van der Waals surface area contributed by atoms with Gasteiger partial charge >= 0.3 is 0 Å². The van der Waals surface area contributed by atoms with Gasteiger partial charge in [-0.15, -0.1) is 11.6 Å². The van der Waals surface area contributed by atoms with Crippen LogP contribution in [-0.4, -0.2) is 18.5 Å². The van der Waals surface area contributed by atoms with Crippen LogP contribution < -0.4 is 5.32 Å². The van der Waals surface area contributed by atoms with Gasteiger partial charge in [-0.25, -0.2) is 0 Å². The molecule has 2 N–H and O–H groups in total. The van der Waals surface area contributed by atoms with Crippen LogP contribution in [0.1, 0.15) is 17.4 Å². The average molecular weight is 213 g/mol. The first-order valence-corrected chi connectivity index (χ1v) is 5.44. The quantitative estimate of drug-likeness (QED) is 0.733. The minimum atomic E-state index is 0.138. The van der Waals surface area contributed by atoms with Gasteiger partial charge in [0.15, 0.2) is 0 Å². The summed E-state index contributed by atoms with van der Waals surface area (Å²) in [6.45, 7) is 3.05. The normalized spacial score (nSPS) is 26.7. The summed E-state index contributed by atoms with van der Waals surface area (Å²) in [5.41, 5.74) is 2.50. The molecule has 0 spiro atoms. The van der Waals surface area contributed by atoms with E-state index in [0.717, 1.165) is 6.54 Å². The number of rotatable bonds is 2. The van der Waals surface area contributed by atoms with Gasteiger partial charge in [0.25, 0.3) is 0 Å². The van der Waals surface area contributed by atoms with Crippen molar-refractivity contribution in [2.75, 3.05) is 12.4 Å². The van der Waals surface area contributed by atoms with E-state index in [1.54, 1.807) is 0 Å². The van der Waals surface area contributed by atoms with Crippen LogP contribution in [0.25, 0.3) is 0 Å². The molecule has 3 heteroatoms. The molecule has 0 aliphatic carbocycles. The first kappa shape index (κ1) is 9.97. The Bertz CT molecular complexity index is 299. The predicted molar refractivity (Wildman–Crippen MR) is 56.3 cm³/mol. The van der Waals surface area contributed by atoms with Crippen LogP contribution in [0.15, 0.2) is 24.3 Å². The fraction of sp³-hybridized carbons (Fsp3) is 0.455. The Labute approximate surface area is 89.2 Å². The lowest BCUT2D eigenvalue weighted by molar-refractivity contribution is -0.697. The Morgan fingerprint density at radius 1 is 1.43 bits per heavy atom. The van der Waals surface area contributed by atoms with Crippen LogP contribution in [0, 0.1) is 6.92 Å². The molecule has 1 saturated heterocycles. The molecule has 0 amide bonds. The van der Waals surface area contributed by atoms with E-state index < -0.39 is 0 Å². The lowest BCUT2D eigenvalue weighted by Gasteiger charge is -2.07. The maximum absolute atomic E-state index is 5.75. The van der Waals surface area contributed by atoms with E-state index in [0.29, 0.717) is 5.88 Å². The molecule has 1 aliphatic heterocycles. The number of quaternary nitrogens is 1. The van der Waals surface area contributed by atoms with E-state index in [2.05, 4.69) is 36.5 Å². The van der Waals surface area contributed by atoms with Crippen LogP contribution in [0.5, 0.6) is 0 Å². The van der Waals surface area contributed by atoms with Gasteiger partial charge in [0, 0.05) is 5.56 Å². The zero-order valence-corrected chi connectivity index (χ0v) is 9.00. The van der Waals surface area contributed by atoms with Gasteiger partial charge in [-0.05, 0) is 6.92 Å². The number of hydrogen-bond donors (Lipinski definition) is 1. The minimum absolute atomic E-state index is 0.138. The lowest BCUT2D eigenvalue weighted by Crippen LogP contribution is -2.82. The molecule has 2 nitrogen and oxygen atoms in total. The summed E-state index contributed by atoms with van der Waals surface area (Å²) >= 11 is 5.74. The van der Waals surface area contributed by atoms with E-state index in [1.807, 2.05) is 0 Å². The Morgan fingerprint density at radius 3 is 2.71 bits per heavy atom. The van der Waals surface area contributed by atoms with Gasteiger partial charge in [-0.2, -0.15) is 0 Å². The van der Waals surface area contributed by atoms with Crippen molar-refractivity contribution in [2.24, 2.45) is 0 Å².